The molecule has 1 aromatic carbocycles. The number of hydrogen-bond donors (Lipinski definition) is 0. The Labute approximate surface area is 72.7 Å². The summed E-state index contributed by atoms with van der Waals surface area (Å²) in [6, 6.07) is 9.92. The molecule has 0 amide bonds. The van der Waals surface area contributed by atoms with Gasteiger partial charge in [0.25, 0.3) is 0 Å². The number of rotatable bonds is 4. The Morgan fingerprint density at radius 3 is 2.50 bits per heavy atom. The second kappa shape index (κ2) is 4.50. The quantitative estimate of drug-likeness (QED) is 0.488. The molecule has 0 saturated carbocycles. The van der Waals surface area contributed by atoms with Crippen molar-refractivity contribution in [3.63, 3.8) is 0 Å². The maximum atomic E-state index is 10.3. The largest absolute Gasteiger partial charge is 0.303 e. The van der Waals surface area contributed by atoms with Crippen LogP contribution in [0.2, 0.25) is 0 Å². The predicted octanol–water partition coefficient (Wildman–Crippen LogP) is 2.55. The molecule has 0 fully saturated rings. The highest BCUT2D eigenvalue weighted by molar-refractivity contribution is 5.52. The van der Waals surface area contributed by atoms with Crippen molar-refractivity contribution in [1.29, 1.82) is 0 Å². The van der Waals surface area contributed by atoms with E-state index < -0.39 is 0 Å². The van der Waals surface area contributed by atoms with Crippen molar-refractivity contribution in [2.24, 2.45) is 0 Å². The van der Waals surface area contributed by atoms with Crippen LogP contribution in [0.4, 0.5) is 0 Å². The molecule has 0 radical (unpaired) electrons. The zero-order valence-corrected chi connectivity index (χ0v) is 6.94. The Kier molecular flexibility index (Phi) is 3.27. The number of aldehydes is 1. The van der Waals surface area contributed by atoms with Crippen molar-refractivity contribution in [2.75, 3.05) is 0 Å². The van der Waals surface area contributed by atoms with Crippen LogP contribution in [0.25, 0.3) is 0 Å². The monoisotopic (exact) mass is 160 g/mol. The first-order valence-corrected chi connectivity index (χ1v) is 3.99. The van der Waals surface area contributed by atoms with Crippen LogP contribution < -0.4 is 0 Å². The van der Waals surface area contributed by atoms with Crippen LogP contribution in [-0.2, 0) is 4.79 Å². The highest BCUT2D eigenvalue weighted by atomic mass is 16.1. The smallest absolute Gasteiger partial charge is 0.120 e. The van der Waals surface area contributed by atoms with Gasteiger partial charge in [0.1, 0.15) is 6.29 Å². The molecule has 0 bridgehead atoms. The fourth-order valence-corrected chi connectivity index (χ4v) is 1.17. The van der Waals surface area contributed by atoms with Gasteiger partial charge in [-0.05, 0) is 5.56 Å². The van der Waals surface area contributed by atoms with Crippen LogP contribution in [0.1, 0.15) is 17.9 Å². The van der Waals surface area contributed by atoms with E-state index in [2.05, 4.69) is 6.58 Å². The highest BCUT2D eigenvalue weighted by Crippen LogP contribution is 2.18. The van der Waals surface area contributed by atoms with Gasteiger partial charge in [0.05, 0.1) is 0 Å². The lowest BCUT2D eigenvalue weighted by atomic mass is 9.97. The Balaban J connectivity index is 2.79. The van der Waals surface area contributed by atoms with E-state index in [4.69, 9.17) is 0 Å². The molecule has 0 aromatic heterocycles. The van der Waals surface area contributed by atoms with Crippen molar-refractivity contribution in [2.45, 2.75) is 12.3 Å². The summed E-state index contributed by atoms with van der Waals surface area (Å²) in [5.41, 5.74) is 1.15. The van der Waals surface area contributed by atoms with Crippen LogP contribution >= 0.6 is 0 Å². The van der Waals surface area contributed by atoms with Crippen LogP contribution in [-0.4, -0.2) is 6.29 Å². The van der Waals surface area contributed by atoms with Gasteiger partial charge >= 0.3 is 0 Å². The molecule has 1 aromatic rings. The minimum absolute atomic E-state index is 0.170. The molecule has 0 spiro atoms. The lowest BCUT2D eigenvalue weighted by Crippen LogP contribution is -1.94. The molecular weight excluding hydrogens is 148 g/mol. The standard InChI is InChI=1S/C11H12O/c1-2-10(8-9-12)11-6-4-3-5-7-11/h2-7,9-10H,1,8H2/t10-/m0/s1. The Morgan fingerprint density at radius 1 is 1.33 bits per heavy atom. The van der Waals surface area contributed by atoms with E-state index >= 15 is 0 Å². The lowest BCUT2D eigenvalue weighted by Gasteiger charge is -2.07. The van der Waals surface area contributed by atoms with Gasteiger partial charge in [-0.3, -0.25) is 0 Å². The topological polar surface area (TPSA) is 17.1 Å². The number of carbonyl (C=O) groups excluding carboxylic acids is 1. The van der Waals surface area contributed by atoms with Crippen LogP contribution in [0.5, 0.6) is 0 Å². The molecule has 0 N–H and O–H groups in total. The summed E-state index contributed by atoms with van der Waals surface area (Å²) in [6.07, 6.45) is 3.26. The van der Waals surface area contributed by atoms with Crippen LogP contribution in [0, 0.1) is 0 Å². The van der Waals surface area contributed by atoms with E-state index in [1.165, 1.54) is 0 Å². The van der Waals surface area contributed by atoms with Crippen LogP contribution in [0.3, 0.4) is 0 Å². The molecule has 0 aliphatic carbocycles. The first kappa shape index (κ1) is 8.72. The molecule has 1 atom stereocenters. The van der Waals surface area contributed by atoms with E-state index in [-0.39, 0.29) is 5.92 Å². The molecule has 0 saturated heterocycles. The molecule has 1 rings (SSSR count). The van der Waals surface area contributed by atoms with Gasteiger partial charge < -0.3 is 4.79 Å². The minimum Gasteiger partial charge on any atom is -0.303 e. The van der Waals surface area contributed by atoms with E-state index in [1.54, 1.807) is 0 Å². The summed E-state index contributed by atoms with van der Waals surface area (Å²) in [6.45, 7) is 3.70. The van der Waals surface area contributed by atoms with Gasteiger partial charge in [0.2, 0.25) is 0 Å². The van der Waals surface area contributed by atoms with Gasteiger partial charge in [-0.2, -0.15) is 0 Å². The average molecular weight is 160 g/mol. The molecule has 0 unspecified atom stereocenters. The van der Waals surface area contributed by atoms with Crippen LogP contribution in [0.15, 0.2) is 43.0 Å². The summed E-state index contributed by atoms with van der Waals surface area (Å²) in [5, 5.41) is 0. The van der Waals surface area contributed by atoms with Gasteiger partial charge in [0.15, 0.2) is 0 Å². The van der Waals surface area contributed by atoms with E-state index in [9.17, 15) is 4.79 Å². The van der Waals surface area contributed by atoms with Gasteiger partial charge in [-0.15, -0.1) is 6.58 Å². The first-order valence-electron chi connectivity index (χ1n) is 3.99. The van der Waals surface area contributed by atoms with Crippen molar-refractivity contribution < 1.29 is 4.79 Å². The van der Waals surface area contributed by atoms with E-state index in [0.29, 0.717) is 6.42 Å². The zero-order chi connectivity index (χ0) is 8.81. The highest BCUT2D eigenvalue weighted by Gasteiger charge is 2.04. The van der Waals surface area contributed by atoms with Crippen molar-refractivity contribution in [3.8, 4) is 0 Å². The first-order chi connectivity index (χ1) is 5.88. The van der Waals surface area contributed by atoms with Crippen molar-refractivity contribution >= 4 is 6.29 Å². The summed E-state index contributed by atoms with van der Waals surface area (Å²) >= 11 is 0. The second-order valence-electron chi connectivity index (χ2n) is 2.66. The predicted molar refractivity (Wildman–Crippen MR) is 50.1 cm³/mol. The summed E-state index contributed by atoms with van der Waals surface area (Å²) in [4.78, 5) is 10.3. The normalized spacial score (nSPS) is 12.0. The summed E-state index contributed by atoms with van der Waals surface area (Å²) in [7, 11) is 0. The third kappa shape index (κ3) is 2.06. The Bertz CT molecular complexity index is 251. The van der Waals surface area contributed by atoms with Gasteiger partial charge in [-0.1, -0.05) is 36.4 Å². The summed E-state index contributed by atoms with van der Waals surface area (Å²) in [5.74, 6) is 0.170. The molecule has 0 aliphatic heterocycles. The maximum absolute atomic E-state index is 10.3. The molecule has 12 heavy (non-hydrogen) atoms. The maximum Gasteiger partial charge on any atom is 0.120 e. The fourth-order valence-electron chi connectivity index (χ4n) is 1.17. The van der Waals surface area contributed by atoms with Crippen molar-refractivity contribution in [1.82, 2.24) is 0 Å². The number of hydrogen-bond acceptors (Lipinski definition) is 1. The average Bonchev–Trinajstić information content (AvgIpc) is 2.15. The van der Waals surface area contributed by atoms with E-state index in [1.807, 2.05) is 36.4 Å². The Hall–Kier alpha value is -1.37. The fraction of sp³-hybridized carbons (Fsp3) is 0.182. The number of carbonyl (C=O) groups is 1. The lowest BCUT2D eigenvalue weighted by molar-refractivity contribution is -0.108. The second-order valence-corrected chi connectivity index (χ2v) is 2.66. The molecular formula is C11H12O. The minimum atomic E-state index is 0.170. The zero-order valence-electron chi connectivity index (χ0n) is 6.94. The molecule has 62 valence electrons. The molecule has 0 aliphatic rings. The third-order valence-electron chi connectivity index (χ3n) is 1.86. The van der Waals surface area contributed by atoms with Gasteiger partial charge in [-0.25, -0.2) is 0 Å². The van der Waals surface area contributed by atoms with Crippen molar-refractivity contribution in [3.05, 3.63) is 48.6 Å². The van der Waals surface area contributed by atoms with Gasteiger partial charge in [0, 0.05) is 12.3 Å². The SMILES string of the molecule is C=C[C@@H](CC=O)c1ccccc1. The summed E-state index contributed by atoms with van der Waals surface area (Å²) < 4.78 is 0. The third-order valence-corrected chi connectivity index (χ3v) is 1.86. The number of benzene rings is 1. The Morgan fingerprint density at radius 2 is 2.00 bits per heavy atom. The van der Waals surface area contributed by atoms with E-state index in [0.717, 1.165) is 11.8 Å². The number of allylic oxidation sites excluding steroid dienone is 1. The molecule has 1 heteroatoms. The molecule has 1 nitrogen and oxygen atoms in total. The molecule has 0 heterocycles.